The van der Waals surface area contributed by atoms with E-state index >= 15 is 0 Å². The van der Waals surface area contributed by atoms with Crippen molar-refractivity contribution >= 4 is 0 Å². The molecular weight excluding hydrogens is 416 g/mol. The molecule has 0 fully saturated rings. The van der Waals surface area contributed by atoms with Crippen LogP contribution in [0.3, 0.4) is 0 Å². The van der Waals surface area contributed by atoms with Crippen LogP contribution in [0, 0.1) is 45.3 Å². The summed E-state index contributed by atoms with van der Waals surface area (Å²) < 4.78 is 0. The maximum atomic E-state index is 9.27. The van der Waals surface area contributed by atoms with Crippen molar-refractivity contribution in [3.05, 3.63) is 142 Å². The lowest BCUT2D eigenvalue weighted by Crippen LogP contribution is -2.15. The number of benzene rings is 4. The van der Waals surface area contributed by atoms with Crippen molar-refractivity contribution in [3.63, 3.8) is 0 Å². The third-order valence-electron chi connectivity index (χ3n) is 5.93. The Morgan fingerprint density at radius 1 is 0.324 bits per heavy atom. The second-order valence-electron chi connectivity index (χ2n) is 7.89. The zero-order valence-electron chi connectivity index (χ0n) is 18.2. The average Bonchev–Trinajstić information content (AvgIpc) is 2.92. The van der Waals surface area contributed by atoms with E-state index in [1.807, 2.05) is 48.5 Å². The molecule has 0 unspecified atom stereocenters. The first-order valence-corrected chi connectivity index (χ1v) is 10.7. The van der Waals surface area contributed by atoms with Crippen LogP contribution in [-0.4, -0.2) is 0 Å². The molecule has 0 spiro atoms. The van der Waals surface area contributed by atoms with Crippen molar-refractivity contribution in [2.45, 2.75) is 11.8 Å². The lowest BCUT2D eigenvalue weighted by Gasteiger charge is -2.29. The molecule has 0 aliphatic carbocycles. The Morgan fingerprint density at radius 3 is 0.647 bits per heavy atom. The molecule has 158 valence electrons. The van der Waals surface area contributed by atoms with Gasteiger partial charge in [0.2, 0.25) is 0 Å². The Morgan fingerprint density at radius 2 is 0.500 bits per heavy atom. The van der Waals surface area contributed by atoms with Gasteiger partial charge in [0, 0.05) is 11.8 Å². The number of nitrogens with zero attached hydrogens (tertiary/aromatic N) is 4. The van der Waals surface area contributed by atoms with Gasteiger partial charge in [0.1, 0.15) is 0 Å². The summed E-state index contributed by atoms with van der Waals surface area (Å²) in [7, 11) is 0. The molecule has 4 aromatic rings. The van der Waals surface area contributed by atoms with Crippen molar-refractivity contribution in [1.29, 1.82) is 21.0 Å². The molecule has 0 aliphatic heterocycles. The Hall–Kier alpha value is -5.16. The molecule has 0 bridgehead atoms. The van der Waals surface area contributed by atoms with Crippen LogP contribution in [0.4, 0.5) is 0 Å². The molecule has 0 saturated heterocycles. The largest absolute Gasteiger partial charge is 0.192 e. The van der Waals surface area contributed by atoms with Crippen LogP contribution in [0.5, 0.6) is 0 Å². The number of hydrogen-bond acceptors (Lipinski definition) is 4. The van der Waals surface area contributed by atoms with Gasteiger partial charge in [-0.15, -0.1) is 0 Å². The predicted molar refractivity (Wildman–Crippen MR) is 128 cm³/mol. The smallest absolute Gasteiger partial charge is 0.0991 e. The van der Waals surface area contributed by atoms with Gasteiger partial charge in [-0.2, -0.15) is 21.0 Å². The summed E-state index contributed by atoms with van der Waals surface area (Å²) in [6.07, 6.45) is 0. The van der Waals surface area contributed by atoms with Crippen LogP contribution >= 0.6 is 0 Å². The van der Waals surface area contributed by atoms with E-state index in [0.29, 0.717) is 22.3 Å². The monoisotopic (exact) mass is 434 g/mol. The molecule has 0 N–H and O–H groups in total. The first-order valence-electron chi connectivity index (χ1n) is 10.7. The number of nitriles is 4. The van der Waals surface area contributed by atoms with E-state index in [4.69, 9.17) is 0 Å². The fraction of sp³-hybridized carbons (Fsp3) is 0.0667. The van der Waals surface area contributed by atoms with E-state index in [-0.39, 0.29) is 11.8 Å². The van der Waals surface area contributed by atoms with Gasteiger partial charge in [0.15, 0.2) is 0 Å². The lowest BCUT2D eigenvalue weighted by molar-refractivity contribution is 0.693. The number of rotatable bonds is 5. The summed E-state index contributed by atoms with van der Waals surface area (Å²) in [5.41, 5.74) is 6.38. The minimum absolute atomic E-state index is 0.138. The van der Waals surface area contributed by atoms with Crippen LogP contribution in [0.1, 0.15) is 56.3 Å². The quantitative estimate of drug-likeness (QED) is 0.377. The maximum absolute atomic E-state index is 9.27. The van der Waals surface area contributed by atoms with E-state index in [1.54, 1.807) is 48.5 Å². The number of hydrogen-bond donors (Lipinski definition) is 0. The van der Waals surface area contributed by atoms with Crippen molar-refractivity contribution < 1.29 is 0 Å². The molecule has 4 aromatic carbocycles. The van der Waals surface area contributed by atoms with E-state index in [0.717, 1.165) is 22.3 Å². The average molecular weight is 435 g/mol. The molecule has 0 atom stereocenters. The van der Waals surface area contributed by atoms with E-state index in [9.17, 15) is 21.0 Å². The summed E-state index contributed by atoms with van der Waals surface area (Å²) in [5, 5.41) is 37.1. The molecule has 0 saturated carbocycles. The summed E-state index contributed by atoms with van der Waals surface area (Å²) in [4.78, 5) is 0. The van der Waals surface area contributed by atoms with Gasteiger partial charge in [0.25, 0.3) is 0 Å². The molecule has 4 rings (SSSR count). The molecule has 0 radical (unpaired) electrons. The molecule has 0 amide bonds. The van der Waals surface area contributed by atoms with Gasteiger partial charge in [0.05, 0.1) is 46.5 Å². The van der Waals surface area contributed by atoms with Crippen LogP contribution in [0.15, 0.2) is 97.1 Å². The van der Waals surface area contributed by atoms with Crippen molar-refractivity contribution in [3.8, 4) is 24.3 Å². The summed E-state index contributed by atoms with van der Waals surface area (Å²) in [6, 6.07) is 38.8. The van der Waals surface area contributed by atoms with Crippen molar-refractivity contribution in [2.75, 3.05) is 0 Å². The van der Waals surface area contributed by atoms with Gasteiger partial charge in [-0.05, 0) is 70.8 Å². The molecule has 0 aliphatic rings. The SMILES string of the molecule is N#Cc1ccc(C(c2ccc(C#N)cc2)C(c2ccc(C#N)cc2)c2ccc(C#N)cc2)cc1. The van der Waals surface area contributed by atoms with Gasteiger partial charge in [-0.25, -0.2) is 0 Å². The maximum Gasteiger partial charge on any atom is 0.0991 e. The predicted octanol–water partition coefficient (Wildman–Crippen LogP) is 6.14. The molecule has 4 heteroatoms. The van der Waals surface area contributed by atoms with Gasteiger partial charge in [-0.1, -0.05) is 48.5 Å². The molecule has 34 heavy (non-hydrogen) atoms. The minimum Gasteiger partial charge on any atom is -0.192 e. The molecule has 0 aromatic heterocycles. The Kier molecular flexibility index (Phi) is 6.47. The molecule has 0 heterocycles. The normalized spacial score (nSPS) is 10.2. The first kappa shape index (κ1) is 22.0. The first-order chi connectivity index (χ1) is 16.7. The minimum atomic E-state index is -0.138. The van der Waals surface area contributed by atoms with E-state index < -0.39 is 0 Å². The molecule has 4 nitrogen and oxygen atoms in total. The zero-order valence-corrected chi connectivity index (χ0v) is 18.2. The fourth-order valence-corrected chi connectivity index (χ4v) is 4.21. The Labute approximate surface area is 198 Å². The van der Waals surface area contributed by atoms with Gasteiger partial charge >= 0.3 is 0 Å². The summed E-state index contributed by atoms with van der Waals surface area (Å²) in [6.45, 7) is 0. The summed E-state index contributed by atoms with van der Waals surface area (Å²) in [5.74, 6) is -0.275. The summed E-state index contributed by atoms with van der Waals surface area (Å²) >= 11 is 0. The van der Waals surface area contributed by atoms with Crippen molar-refractivity contribution in [2.24, 2.45) is 0 Å². The molecular formula is C30H18N4. The van der Waals surface area contributed by atoms with Crippen LogP contribution < -0.4 is 0 Å². The van der Waals surface area contributed by atoms with Gasteiger partial charge < -0.3 is 0 Å². The van der Waals surface area contributed by atoms with Crippen LogP contribution in [0.2, 0.25) is 0 Å². The highest BCUT2D eigenvalue weighted by atomic mass is 14.3. The second-order valence-corrected chi connectivity index (χ2v) is 7.89. The standard InChI is InChI=1S/C30H18N4/c31-17-21-1-9-25(10-2-21)29(26-11-3-22(18-32)4-12-26)30(27-13-5-23(19-33)6-14-27)28-15-7-24(20-34)8-16-28/h1-16,29-30H. The Bertz CT molecular complexity index is 1220. The highest BCUT2D eigenvalue weighted by molar-refractivity contribution is 5.49. The second kappa shape index (κ2) is 9.97. The third kappa shape index (κ3) is 4.54. The highest BCUT2D eigenvalue weighted by Crippen LogP contribution is 2.43. The third-order valence-corrected chi connectivity index (χ3v) is 5.93. The van der Waals surface area contributed by atoms with Gasteiger partial charge in [-0.3, -0.25) is 0 Å². The Balaban J connectivity index is 1.94. The van der Waals surface area contributed by atoms with E-state index in [1.165, 1.54) is 0 Å². The van der Waals surface area contributed by atoms with Crippen LogP contribution in [-0.2, 0) is 0 Å². The lowest BCUT2D eigenvalue weighted by atomic mass is 9.73. The topological polar surface area (TPSA) is 95.2 Å². The van der Waals surface area contributed by atoms with E-state index in [2.05, 4.69) is 24.3 Å². The fourth-order valence-electron chi connectivity index (χ4n) is 4.21. The van der Waals surface area contributed by atoms with Crippen molar-refractivity contribution in [1.82, 2.24) is 0 Å². The zero-order chi connectivity index (χ0) is 23.9. The highest BCUT2D eigenvalue weighted by Gasteiger charge is 2.28. The van der Waals surface area contributed by atoms with Crippen LogP contribution in [0.25, 0.3) is 0 Å².